The molecule has 2 N–H and O–H groups in total. The Kier molecular flexibility index (Phi) is 18.8. The largest absolute Gasteiger partial charge is 0.391 e. The third kappa shape index (κ3) is 14.6. The molecule has 4 unspecified atom stereocenters. The predicted octanol–water partition coefficient (Wildman–Crippen LogP) is 4.34. The molecule has 0 radical (unpaired) electrons. The van der Waals surface area contributed by atoms with E-state index in [-0.39, 0.29) is 12.2 Å². The lowest BCUT2D eigenvalue weighted by Gasteiger charge is -2.27. The van der Waals surface area contributed by atoms with Gasteiger partial charge in [0.1, 0.15) is 0 Å². The maximum Gasteiger partial charge on any atom is 0.0765 e. The SMILES string of the molecule is OC(CCl)CSCCSCC1CSC(CSCCSCC(O)CCl)CS1. The number of hydrogen-bond acceptors (Lipinski definition) is 8. The molecule has 1 saturated heterocycles. The normalized spacial score (nSPS) is 23.1. The van der Waals surface area contributed by atoms with E-state index in [1.807, 2.05) is 23.5 Å². The maximum atomic E-state index is 9.40. The first-order valence-electron chi connectivity index (χ1n) is 8.68. The van der Waals surface area contributed by atoms with Crippen LogP contribution in [0.1, 0.15) is 0 Å². The van der Waals surface area contributed by atoms with Gasteiger partial charge < -0.3 is 10.2 Å². The highest BCUT2D eigenvalue weighted by molar-refractivity contribution is 8.09. The number of thioether (sulfide) groups is 6. The lowest BCUT2D eigenvalue weighted by atomic mass is 10.5. The molecule has 4 atom stereocenters. The Morgan fingerprint density at radius 3 is 1.46 bits per heavy atom. The van der Waals surface area contributed by atoms with Crippen molar-refractivity contribution in [1.29, 1.82) is 0 Å². The molecule has 0 aromatic carbocycles. The molecule has 2 nitrogen and oxygen atoms in total. The average molecular weight is 518 g/mol. The van der Waals surface area contributed by atoms with Crippen LogP contribution in [0.25, 0.3) is 0 Å². The Morgan fingerprint density at radius 2 is 1.12 bits per heavy atom. The van der Waals surface area contributed by atoms with Gasteiger partial charge in [-0.2, -0.15) is 70.6 Å². The molecule has 0 aromatic heterocycles. The fourth-order valence-electron chi connectivity index (χ4n) is 1.97. The molecule has 26 heavy (non-hydrogen) atoms. The molecule has 0 amide bonds. The first kappa shape index (κ1) is 26.6. The summed E-state index contributed by atoms with van der Waals surface area (Å²) in [5.74, 6) is 11.8. The maximum absolute atomic E-state index is 9.40. The molecule has 0 aliphatic carbocycles. The van der Waals surface area contributed by atoms with E-state index in [1.165, 1.54) is 23.0 Å². The Bertz CT molecular complexity index is 295. The van der Waals surface area contributed by atoms with E-state index in [2.05, 4.69) is 23.5 Å². The van der Waals surface area contributed by atoms with Crippen molar-refractivity contribution in [3.05, 3.63) is 0 Å². The molecule has 1 heterocycles. The van der Waals surface area contributed by atoms with Crippen molar-refractivity contribution in [3.8, 4) is 0 Å². The van der Waals surface area contributed by atoms with Crippen LogP contribution in [-0.2, 0) is 0 Å². The van der Waals surface area contributed by atoms with Crippen LogP contribution in [0.4, 0.5) is 0 Å². The van der Waals surface area contributed by atoms with E-state index in [1.54, 1.807) is 23.5 Å². The fraction of sp³-hybridized carbons (Fsp3) is 1.00. The van der Waals surface area contributed by atoms with Crippen LogP contribution in [0.15, 0.2) is 0 Å². The summed E-state index contributed by atoms with van der Waals surface area (Å²) in [7, 11) is 0. The topological polar surface area (TPSA) is 40.5 Å². The predicted molar refractivity (Wildman–Crippen MR) is 135 cm³/mol. The molecule has 156 valence electrons. The molecule has 1 aliphatic rings. The minimum Gasteiger partial charge on any atom is -0.391 e. The van der Waals surface area contributed by atoms with Crippen molar-refractivity contribution in [2.45, 2.75) is 22.7 Å². The Labute approximate surface area is 194 Å². The first-order valence-corrected chi connectivity index (χ1v) is 16.5. The van der Waals surface area contributed by atoms with Crippen LogP contribution in [0.5, 0.6) is 0 Å². The van der Waals surface area contributed by atoms with E-state index in [9.17, 15) is 10.2 Å². The third-order valence-electron chi connectivity index (χ3n) is 3.36. The van der Waals surface area contributed by atoms with Crippen LogP contribution in [0, 0.1) is 0 Å². The highest BCUT2D eigenvalue weighted by atomic mass is 35.5. The highest BCUT2D eigenvalue weighted by Gasteiger charge is 2.22. The van der Waals surface area contributed by atoms with E-state index in [0.29, 0.717) is 11.8 Å². The second kappa shape index (κ2) is 18.4. The number of alkyl halides is 2. The zero-order valence-corrected chi connectivity index (χ0v) is 21.3. The molecule has 1 fully saturated rings. The second-order valence-electron chi connectivity index (χ2n) is 5.83. The minimum atomic E-state index is -0.359. The summed E-state index contributed by atoms with van der Waals surface area (Å²) < 4.78 is 0. The van der Waals surface area contributed by atoms with Crippen LogP contribution in [0.2, 0.25) is 0 Å². The number of hydrogen-bond donors (Lipinski definition) is 2. The van der Waals surface area contributed by atoms with Crippen LogP contribution >= 0.6 is 93.8 Å². The van der Waals surface area contributed by atoms with Crippen molar-refractivity contribution in [1.82, 2.24) is 0 Å². The fourth-order valence-corrected chi connectivity index (χ4v) is 10.6. The van der Waals surface area contributed by atoms with Crippen LogP contribution < -0.4 is 0 Å². The summed E-state index contributed by atoms with van der Waals surface area (Å²) in [6.45, 7) is 0. The molecule has 0 aromatic rings. The summed E-state index contributed by atoms with van der Waals surface area (Å²) in [5.41, 5.74) is 0. The zero-order valence-electron chi connectivity index (χ0n) is 14.9. The van der Waals surface area contributed by atoms with E-state index in [0.717, 1.165) is 45.0 Å². The van der Waals surface area contributed by atoms with Gasteiger partial charge in [0.15, 0.2) is 0 Å². The molecule has 0 saturated carbocycles. The standard InChI is InChI=1S/C16H30Cl2O2S6/c17-5-13(19)7-21-1-3-23-9-15-11-26-16(12-25-15)10-24-4-2-22-8-14(20)6-18/h13-16,19-20H,1-12H2. The lowest BCUT2D eigenvalue weighted by Crippen LogP contribution is -2.25. The quantitative estimate of drug-likeness (QED) is 0.232. The molecular formula is C16H30Cl2O2S6. The lowest BCUT2D eigenvalue weighted by molar-refractivity contribution is 0.223. The Balaban J connectivity index is 1.89. The summed E-state index contributed by atoms with van der Waals surface area (Å²) in [6, 6.07) is 0. The summed E-state index contributed by atoms with van der Waals surface area (Å²) in [5, 5.41) is 20.4. The molecule has 0 bridgehead atoms. The van der Waals surface area contributed by atoms with Gasteiger partial charge in [0.25, 0.3) is 0 Å². The zero-order chi connectivity index (χ0) is 19.0. The van der Waals surface area contributed by atoms with Gasteiger partial charge in [0.05, 0.1) is 12.2 Å². The van der Waals surface area contributed by atoms with Gasteiger partial charge in [-0.15, -0.1) is 23.2 Å². The highest BCUT2D eigenvalue weighted by Crippen LogP contribution is 2.33. The Morgan fingerprint density at radius 1 is 0.731 bits per heavy atom. The molecule has 1 rings (SSSR count). The van der Waals surface area contributed by atoms with Gasteiger partial charge in [-0.3, -0.25) is 0 Å². The van der Waals surface area contributed by atoms with E-state index < -0.39 is 0 Å². The van der Waals surface area contributed by atoms with Crippen molar-refractivity contribution >= 4 is 93.8 Å². The number of rotatable bonds is 16. The van der Waals surface area contributed by atoms with Crippen molar-refractivity contribution in [2.24, 2.45) is 0 Å². The molecule has 0 spiro atoms. The van der Waals surface area contributed by atoms with Gasteiger partial charge in [0.2, 0.25) is 0 Å². The van der Waals surface area contributed by atoms with Gasteiger partial charge in [-0.1, -0.05) is 0 Å². The van der Waals surface area contributed by atoms with Gasteiger partial charge >= 0.3 is 0 Å². The second-order valence-corrected chi connectivity index (χ2v) is 13.7. The van der Waals surface area contributed by atoms with Gasteiger partial charge in [-0.05, 0) is 0 Å². The Hall–Kier alpha value is 2.60. The van der Waals surface area contributed by atoms with E-state index in [4.69, 9.17) is 23.2 Å². The van der Waals surface area contributed by atoms with Crippen molar-refractivity contribution in [2.75, 3.05) is 69.3 Å². The average Bonchev–Trinajstić information content (AvgIpc) is 2.67. The molecule has 1 aliphatic heterocycles. The number of aliphatic hydroxyl groups excluding tert-OH is 2. The molecular weight excluding hydrogens is 487 g/mol. The summed E-state index contributed by atoms with van der Waals surface area (Å²) in [4.78, 5) is 0. The number of halogens is 2. The van der Waals surface area contributed by atoms with Gasteiger partial charge in [0, 0.05) is 79.8 Å². The van der Waals surface area contributed by atoms with Crippen molar-refractivity contribution in [3.63, 3.8) is 0 Å². The summed E-state index contributed by atoms with van der Waals surface area (Å²) >= 11 is 23.2. The first-order chi connectivity index (χ1) is 12.7. The third-order valence-corrected chi connectivity index (χ3v) is 12.7. The van der Waals surface area contributed by atoms with E-state index >= 15 is 0 Å². The number of aliphatic hydroxyl groups is 2. The smallest absolute Gasteiger partial charge is 0.0765 e. The minimum absolute atomic E-state index is 0.339. The van der Waals surface area contributed by atoms with Gasteiger partial charge in [-0.25, -0.2) is 0 Å². The molecule has 10 heteroatoms. The van der Waals surface area contributed by atoms with Crippen LogP contribution in [0.3, 0.4) is 0 Å². The monoisotopic (exact) mass is 516 g/mol. The van der Waals surface area contributed by atoms with Crippen molar-refractivity contribution < 1.29 is 10.2 Å². The van der Waals surface area contributed by atoms with Crippen LogP contribution in [-0.4, -0.2) is 102 Å². The summed E-state index contributed by atoms with van der Waals surface area (Å²) in [6.07, 6.45) is -0.717.